The van der Waals surface area contributed by atoms with Crippen LogP contribution >= 0.6 is 11.6 Å². The molecule has 0 radical (unpaired) electrons. The molecule has 0 saturated heterocycles. The number of hydrogen-bond donors (Lipinski definition) is 1. The maximum atomic E-state index is 13.8. The van der Waals surface area contributed by atoms with Crippen molar-refractivity contribution in [3.8, 4) is 5.75 Å². The van der Waals surface area contributed by atoms with Gasteiger partial charge >= 0.3 is 0 Å². The van der Waals surface area contributed by atoms with Crippen LogP contribution in [-0.4, -0.2) is 37.2 Å². The highest BCUT2D eigenvalue weighted by Crippen LogP contribution is 2.35. The summed E-state index contributed by atoms with van der Waals surface area (Å²) in [5.41, 5.74) is 2.09. The van der Waals surface area contributed by atoms with Gasteiger partial charge < -0.3 is 14.1 Å². The van der Waals surface area contributed by atoms with Gasteiger partial charge in [0.1, 0.15) is 17.6 Å². The highest BCUT2D eigenvalue weighted by Gasteiger charge is 2.34. The number of rotatable bonds is 9. The number of nitrogens with one attached hydrogen (secondary N) is 1. The minimum Gasteiger partial charge on any atom is -0.497 e. The summed E-state index contributed by atoms with van der Waals surface area (Å²) in [4.78, 5) is 19.0. The van der Waals surface area contributed by atoms with E-state index in [-0.39, 0.29) is 11.6 Å². The van der Waals surface area contributed by atoms with E-state index < -0.39 is 6.04 Å². The Balaban J connectivity index is 1.52. The van der Waals surface area contributed by atoms with Crippen LogP contribution in [0, 0.1) is 0 Å². The third-order valence-electron chi connectivity index (χ3n) is 7.41. The number of halogens is 1. The number of benzene rings is 2. The topological polar surface area (TPSA) is 102 Å². The molecule has 10 heteroatoms. The lowest BCUT2D eigenvalue weighted by Gasteiger charge is -2.31. The third kappa shape index (κ3) is 5.32. The van der Waals surface area contributed by atoms with Crippen LogP contribution in [0.5, 0.6) is 5.75 Å². The number of nitrogens with zero attached hydrogens (tertiary/aromatic N) is 5. The number of aromatic nitrogens is 5. The van der Waals surface area contributed by atoms with E-state index in [2.05, 4.69) is 25.4 Å². The second-order valence-electron chi connectivity index (χ2n) is 9.94. The first-order valence-electron chi connectivity index (χ1n) is 13.1. The average Bonchev–Trinajstić information content (AvgIpc) is 3.73. The standard InChI is InChI=1S/C29H29ClN6O3/c1-38-23-13-10-20-15-25(29(37)31-26(20)16-23)27(28-32-33-34-36(28)22-5-2-3-6-22)35(18-24-7-4-14-39-24)17-19-8-11-21(30)12-9-19/h4,7-16,22,27H,2-3,5-6,17-18H2,1H3,(H,31,37). The molecule has 200 valence electrons. The fourth-order valence-corrected chi connectivity index (χ4v) is 5.61. The molecular formula is C29H29ClN6O3. The quantitative estimate of drug-likeness (QED) is 0.255. The molecule has 6 rings (SSSR count). The molecule has 1 atom stereocenters. The molecule has 1 aliphatic rings. The van der Waals surface area contributed by atoms with Crippen molar-refractivity contribution < 1.29 is 9.15 Å². The maximum Gasteiger partial charge on any atom is 0.253 e. The molecule has 1 saturated carbocycles. The van der Waals surface area contributed by atoms with Gasteiger partial charge in [-0.2, -0.15) is 0 Å². The van der Waals surface area contributed by atoms with Gasteiger partial charge in [0.25, 0.3) is 5.56 Å². The van der Waals surface area contributed by atoms with E-state index in [1.54, 1.807) is 13.4 Å². The molecule has 39 heavy (non-hydrogen) atoms. The number of ether oxygens (including phenoxy) is 1. The first-order valence-corrected chi connectivity index (χ1v) is 13.5. The monoisotopic (exact) mass is 544 g/mol. The van der Waals surface area contributed by atoms with Gasteiger partial charge in [-0.15, -0.1) is 5.10 Å². The summed E-state index contributed by atoms with van der Waals surface area (Å²) in [5.74, 6) is 2.09. The van der Waals surface area contributed by atoms with Crippen LogP contribution in [0.3, 0.4) is 0 Å². The molecule has 1 aliphatic carbocycles. The Kier molecular flexibility index (Phi) is 7.17. The van der Waals surface area contributed by atoms with Crippen LogP contribution in [0.25, 0.3) is 10.9 Å². The lowest BCUT2D eigenvalue weighted by atomic mass is 10.0. The van der Waals surface area contributed by atoms with Crippen molar-refractivity contribution in [3.05, 3.63) is 105 Å². The van der Waals surface area contributed by atoms with Gasteiger partial charge in [-0.1, -0.05) is 36.6 Å². The average molecular weight is 545 g/mol. The predicted octanol–water partition coefficient (Wildman–Crippen LogP) is 5.68. The largest absolute Gasteiger partial charge is 0.497 e. The van der Waals surface area contributed by atoms with Crippen molar-refractivity contribution >= 4 is 22.5 Å². The minimum absolute atomic E-state index is 0.197. The van der Waals surface area contributed by atoms with Gasteiger partial charge in [0, 0.05) is 23.2 Å². The number of H-pyrrole nitrogens is 1. The molecule has 2 aromatic carbocycles. The van der Waals surface area contributed by atoms with E-state index in [0.29, 0.717) is 40.8 Å². The molecule has 3 heterocycles. The van der Waals surface area contributed by atoms with Crippen molar-refractivity contribution in [1.82, 2.24) is 30.1 Å². The van der Waals surface area contributed by atoms with Crippen molar-refractivity contribution in [2.75, 3.05) is 7.11 Å². The molecule has 1 N–H and O–H groups in total. The molecule has 9 nitrogen and oxygen atoms in total. The molecule has 5 aromatic rings. The second-order valence-corrected chi connectivity index (χ2v) is 10.4. The Bertz CT molecular complexity index is 1610. The Morgan fingerprint density at radius 3 is 2.69 bits per heavy atom. The molecule has 3 aromatic heterocycles. The van der Waals surface area contributed by atoms with Crippen LogP contribution in [0.4, 0.5) is 0 Å². The van der Waals surface area contributed by atoms with Gasteiger partial charge in [0.2, 0.25) is 0 Å². The molecule has 0 amide bonds. The summed E-state index contributed by atoms with van der Waals surface area (Å²) in [5, 5.41) is 14.6. The number of pyridine rings is 1. The maximum absolute atomic E-state index is 13.8. The molecule has 0 bridgehead atoms. The van der Waals surface area contributed by atoms with Crippen molar-refractivity contribution in [3.63, 3.8) is 0 Å². The normalized spacial score (nSPS) is 14.8. The first kappa shape index (κ1) is 25.3. The molecule has 1 fully saturated rings. The van der Waals surface area contributed by atoms with E-state index in [1.165, 1.54) is 0 Å². The number of methoxy groups -OCH3 is 1. The van der Waals surface area contributed by atoms with Crippen molar-refractivity contribution in [2.45, 2.75) is 50.9 Å². The summed E-state index contributed by atoms with van der Waals surface area (Å²) in [6.45, 7) is 0.956. The summed E-state index contributed by atoms with van der Waals surface area (Å²) in [6.07, 6.45) is 5.94. The molecule has 1 unspecified atom stereocenters. The Hall–Kier alpha value is -3.95. The number of tetrazole rings is 1. The highest BCUT2D eigenvalue weighted by molar-refractivity contribution is 6.30. The number of hydrogen-bond acceptors (Lipinski definition) is 7. The van der Waals surface area contributed by atoms with Crippen LogP contribution in [0.2, 0.25) is 5.02 Å². The van der Waals surface area contributed by atoms with E-state index in [1.807, 2.05) is 65.3 Å². The zero-order valence-electron chi connectivity index (χ0n) is 21.6. The second kappa shape index (κ2) is 11.0. The molecule has 0 spiro atoms. The number of aromatic amines is 1. The van der Waals surface area contributed by atoms with E-state index in [9.17, 15) is 4.79 Å². The summed E-state index contributed by atoms with van der Waals surface area (Å²) in [6, 6.07) is 18.8. The number of fused-ring (bicyclic) bond motifs is 1. The minimum atomic E-state index is -0.545. The van der Waals surface area contributed by atoms with Crippen LogP contribution in [0.15, 0.2) is 76.1 Å². The van der Waals surface area contributed by atoms with Crippen molar-refractivity contribution in [2.24, 2.45) is 0 Å². The Morgan fingerprint density at radius 1 is 1.13 bits per heavy atom. The van der Waals surface area contributed by atoms with Crippen LogP contribution in [-0.2, 0) is 13.1 Å². The Morgan fingerprint density at radius 2 is 1.95 bits per heavy atom. The van der Waals surface area contributed by atoms with Gasteiger partial charge in [0.05, 0.1) is 31.5 Å². The third-order valence-corrected chi connectivity index (χ3v) is 7.66. The number of furan rings is 1. The van der Waals surface area contributed by atoms with Gasteiger partial charge in [-0.3, -0.25) is 9.69 Å². The highest BCUT2D eigenvalue weighted by atomic mass is 35.5. The summed E-state index contributed by atoms with van der Waals surface area (Å²) < 4.78 is 13.0. The van der Waals surface area contributed by atoms with Gasteiger partial charge in [-0.25, -0.2) is 4.68 Å². The smallest absolute Gasteiger partial charge is 0.253 e. The van der Waals surface area contributed by atoms with E-state index >= 15 is 0 Å². The lowest BCUT2D eigenvalue weighted by molar-refractivity contribution is 0.176. The zero-order valence-corrected chi connectivity index (χ0v) is 22.3. The lowest BCUT2D eigenvalue weighted by Crippen LogP contribution is -2.35. The van der Waals surface area contributed by atoms with E-state index in [0.717, 1.165) is 42.4 Å². The van der Waals surface area contributed by atoms with Crippen molar-refractivity contribution in [1.29, 1.82) is 0 Å². The summed E-state index contributed by atoms with van der Waals surface area (Å²) >= 11 is 6.18. The first-order chi connectivity index (χ1) is 19.1. The molecule has 0 aliphatic heterocycles. The van der Waals surface area contributed by atoms with Crippen LogP contribution in [0.1, 0.15) is 60.5 Å². The van der Waals surface area contributed by atoms with Crippen LogP contribution < -0.4 is 10.3 Å². The zero-order chi connectivity index (χ0) is 26.8. The SMILES string of the molecule is COc1ccc2cc(C(c3nnnn3C3CCCC3)N(Cc3ccc(Cl)cc3)Cc3ccco3)c(=O)[nH]c2c1. The fourth-order valence-electron chi connectivity index (χ4n) is 5.48. The Labute approximate surface area is 230 Å². The van der Waals surface area contributed by atoms with Gasteiger partial charge in [0.15, 0.2) is 5.82 Å². The summed E-state index contributed by atoms with van der Waals surface area (Å²) in [7, 11) is 1.61. The van der Waals surface area contributed by atoms with Gasteiger partial charge in [-0.05, 0) is 76.7 Å². The van der Waals surface area contributed by atoms with E-state index in [4.69, 9.17) is 20.8 Å². The predicted molar refractivity (Wildman–Crippen MR) is 148 cm³/mol. The fraction of sp³-hybridized carbons (Fsp3) is 0.310. The molecular weight excluding hydrogens is 516 g/mol.